The van der Waals surface area contributed by atoms with Crippen LogP contribution in [0.5, 0.6) is 0 Å². The summed E-state index contributed by atoms with van der Waals surface area (Å²) in [5.74, 6) is 0. The van der Waals surface area contributed by atoms with Gasteiger partial charge in [-0.2, -0.15) is 5.26 Å². The van der Waals surface area contributed by atoms with Gasteiger partial charge in [0.15, 0.2) is 0 Å². The number of nitrogens with zero attached hydrogens (tertiary/aromatic N) is 2. The molecule has 13 heavy (non-hydrogen) atoms. The third-order valence-corrected chi connectivity index (χ3v) is 3.10. The van der Waals surface area contributed by atoms with Gasteiger partial charge in [0, 0.05) is 11.1 Å². The smallest absolute Gasteiger partial charge is 0.109 e. The van der Waals surface area contributed by atoms with Crippen molar-refractivity contribution in [3.05, 3.63) is 16.1 Å². The summed E-state index contributed by atoms with van der Waals surface area (Å²) in [6, 6.07) is 2.24. The average molecular weight is 195 g/mol. The molecule has 1 aromatic rings. The maximum atomic E-state index is 8.38. The zero-order chi connectivity index (χ0) is 9.68. The number of nitrogens with one attached hydrogen (secondary N) is 1. The lowest BCUT2D eigenvalue weighted by molar-refractivity contribution is 0.617. The lowest BCUT2D eigenvalue weighted by Crippen LogP contribution is -2.18. The Morgan fingerprint density at radius 1 is 1.77 bits per heavy atom. The second-order valence-corrected chi connectivity index (χ2v) is 3.93. The molecule has 0 aliphatic rings. The van der Waals surface area contributed by atoms with E-state index in [1.165, 1.54) is 4.88 Å². The van der Waals surface area contributed by atoms with E-state index in [0.29, 0.717) is 6.54 Å². The highest BCUT2D eigenvalue weighted by Crippen LogP contribution is 2.19. The van der Waals surface area contributed by atoms with Gasteiger partial charge in [0.2, 0.25) is 0 Å². The van der Waals surface area contributed by atoms with Gasteiger partial charge in [0.1, 0.15) is 5.01 Å². The molecule has 0 radical (unpaired) electrons. The van der Waals surface area contributed by atoms with E-state index in [1.54, 1.807) is 11.3 Å². The summed E-state index contributed by atoms with van der Waals surface area (Å²) in [5.41, 5.74) is 0. The van der Waals surface area contributed by atoms with Crippen molar-refractivity contribution in [2.24, 2.45) is 0 Å². The molecule has 0 amide bonds. The van der Waals surface area contributed by atoms with Crippen molar-refractivity contribution in [2.75, 3.05) is 6.54 Å². The van der Waals surface area contributed by atoms with Gasteiger partial charge in [0.05, 0.1) is 18.7 Å². The molecule has 0 saturated heterocycles. The number of rotatable bonds is 4. The second kappa shape index (κ2) is 4.95. The van der Waals surface area contributed by atoms with E-state index >= 15 is 0 Å². The minimum absolute atomic E-state index is 0.185. The number of hydrogen-bond acceptors (Lipinski definition) is 4. The average Bonchev–Trinajstić information content (AvgIpc) is 2.62. The molecule has 1 aromatic heterocycles. The first kappa shape index (κ1) is 10.2. The Hall–Kier alpha value is -0.920. The van der Waals surface area contributed by atoms with Crippen LogP contribution in [0.25, 0.3) is 0 Å². The predicted molar refractivity (Wildman–Crippen MR) is 53.5 cm³/mol. The highest BCUT2D eigenvalue weighted by molar-refractivity contribution is 7.11. The fraction of sp³-hybridized carbons (Fsp3) is 0.556. The van der Waals surface area contributed by atoms with Gasteiger partial charge in [0.25, 0.3) is 0 Å². The minimum Gasteiger partial charge on any atom is -0.296 e. The summed E-state index contributed by atoms with van der Waals surface area (Å²) in [6.45, 7) is 4.52. The molecule has 0 fully saturated rings. The molecule has 3 nitrogen and oxygen atoms in total. The third-order valence-electron chi connectivity index (χ3n) is 1.78. The fourth-order valence-electron chi connectivity index (χ4n) is 0.972. The summed E-state index contributed by atoms with van der Waals surface area (Å²) in [7, 11) is 0. The van der Waals surface area contributed by atoms with E-state index in [1.807, 2.05) is 13.1 Å². The number of nitriles is 1. The Kier molecular flexibility index (Phi) is 3.87. The molecule has 4 heteroatoms. The standard InChI is InChI=1S/C9H13N3S/c1-3-8-6-12-9(13-8)7(2)11-5-4-10/h6-7,11H,3,5H2,1-2H3. The van der Waals surface area contributed by atoms with Gasteiger partial charge < -0.3 is 0 Å². The van der Waals surface area contributed by atoms with Crippen LogP contribution in [0.1, 0.15) is 29.8 Å². The number of aryl methyl sites for hydroxylation is 1. The molecular formula is C9H13N3S. The van der Waals surface area contributed by atoms with Crippen molar-refractivity contribution in [3.8, 4) is 6.07 Å². The van der Waals surface area contributed by atoms with E-state index in [2.05, 4.69) is 23.3 Å². The zero-order valence-electron chi connectivity index (χ0n) is 7.87. The van der Waals surface area contributed by atoms with Crippen molar-refractivity contribution in [2.45, 2.75) is 26.3 Å². The van der Waals surface area contributed by atoms with Gasteiger partial charge in [-0.3, -0.25) is 5.32 Å². The molecule has 70 valence electrons. The van der Waals surface area contributed by atoms with Crippen LogP contribution in [-0.4, -0.2) is 11.5 Å². The highest BCUT2D eigenvalue weighted by Gasteiger charge is 2.08. The highest BCUT2D eigenvalue weighted by atomic mass is 32.1. The van der Waals surface area contributed by atoms with E-state index < -0.39 is 0 Å². The molecule has 1 heterocycles. The zero-order valence-corrected chi connectivity index (χ0v) is 8.69. The summed E-state index contributed by atoms with van der Waals surface area (Å²) in [5, 5.41) is 12.5. The third kappa shape index (κ3) is 2.79. The van der Waals surface area contributed by atoms with Crippen molar-refractivity contribution in [1.82, 2.24) is 10.3 Å². The SMILES string of the molecule is CCc1cnc(C(C)NCC#N)s1. The monoisotopic (exact) mass is 195 g/mol. The van der Waals surface area contributed by atoms with Crippen LogP contribution < -0.4 is 5.32 Å². The maximum Gasteiger partial charge on any atom is 0.109 e. The quantitative estimate of drug-likeness (QED) is 0.746. The molecule has 1 rings (SSSR count). The first-order valence-corrected chi connectivity index (χ1v) is 5.14. The largest absolute Gasteiger partial charge is 0.296 e. The van der Waals surface area contributed by atoms with Gasteiger partial charge >= 0.3 is 0 Å². The van der Waals surface area contributed by atoms with Gasteiger partial charge in [-0.25, -0.2) is 4.98 Å². The van der Waals surface area contributed by atoms with Crippen LogP contribution in [-0.2, 0) is 6.42 Å². The van der Waals surface area contributed by atoms with E-state index in [4.69, 9.17) is 5.26 Å². The Morgan fingerprint density at radius 3 is 3.08 bits per heavy atom. The molecule has 0 aliphatic heterocycles. The normalized spacial score (nSPS) is 12.4. The van der Waals surface area contributed by atoms with Crippen LogP contribution >= 0.6 is 11.3 Å². The van der Waals surface area contributed by atoms with Crippen LogP contribution in [0.4, 0.5) is 0 Å². The number of thiazole rings is 1. The predicted octanol–water partition coefficient (Wildman–Crippen LogP) is 1.88. The molecule has 0 saturated carbocycles. The lowest BCUT2D eigenvalue weighted by atomic mass is 10.3. The Balaban J connectivity index is 2.56. The summed E-state index contributed by atoms with van der Waals surface area (Å²) >= 11 is 1.71. The van der Waals surface area contributed by atoms with E-state index in [0.717, 1.165) is 11.4 Å². The van der Waals surface area contributed by atoms with Crippen molar-refractivity contribution < 1.29 is 0 Å². The first-order chi connectivity index (χ1) is 6.27. The fourth-order valence-corrected chi connectivity index (χ4v) is 1.86. The lowest BCUT2D eigenvalue weighted by Gasteiger charge is -2.06. The van der Waals surface area contributed by atoms with Gasteiger partial charge in [-0.15, -0.1) is 11.3 Å². The first-order valence-electron chi connectivity index (χ1n) is 4.32. The van der Waals surface area contributed by atoms with E-state index in [-0.39, 0.29) is 6.04 Å². The topological polar surface area (TPSA) is 48.7 Å². The summed E-state index contributed by atoms with van der Waals surface area (Å²) in [6.07, 6.45) is 2.94. The van der Waals surface area contributed by atoms with Gasteiger partial charge in [-0.05, 0) is 13.3 Å². The molecule has 1 N–H and O–H groups in total. The number of hydrogen-bond donors (Lipinski definition) is 1. The molecular weight excluding hydrogens is 182 g/mol. The molecule has 1 atom stereocenters. The summed E-state index contributed by atoms with van der Waals surface area (Å²) < 4.78 is 0. The van der Waals surface area contributed by atoms with E-state index in [9.17, 15) is 0 Å². The Morgan fingerprint density at radius 2 is 2.54 bits per heavy atom. The van der Waals surface area contributed by atoms with Crippen LogP contribution in [0.3, 0.4) is 0 Å². The molecule has 0 spiro atoms. The minimum atomic E-state index is 0.185. The van der Waals surface area contributed by atoms with Crippen LogP contribution in [0.15, 0.2) is 6.20 Å². The number of aromatic nitrogens is 1. The van der Waals surface area contributed by atoms with Crippen molar-refractivity contribution in [3.63, 3.8) is 0 Å². The molecule has 0 aliphatic carbocycles. The van der Waals surface area contributed by atoms with Crippen LogP contribution in [0, 0.1) is 11.3 Å². The Bertz CT molecular complexity index is 300. The maximum absolute atomic E-state index is 8.38. The van der Waals surface area contributed by atoms with Crippen molar-refractivity contribution in [1.29, 1.82) is 5.26 Å². The van der Waals surface area contributed by atoms with Crippen LogP contribution in [0.2, 0.25) is 0 Å². The van der Waals surface area contributed by atoms with Gasteiger partial charge in [-0.1, -0.05) is 6.92 Å². The second-order valence-electron chi connectivity index (χ2n) is 2.78. The Labute approximate surface area is 82.4 Å². The summed E-state index contributed by atoms with van der Waals surface area (Å²) in [4.78, 5) is 5.58. The van der Waals surface area contributed by atoms with Crippen molar-refractivity contribution >= 4 is 11.3 Å². The molecule has 0 bridgehead atoms. The molecule has 1 unspecified atom stereocenters. The molecule has 0 aromatic carbocycles.